The van der Waals surface area contributed by atoms with E-state index in [0.717, 1.165) is 33.2 Å². The average molecular weight is 480 g/mol. The van der Waals surface area contributed by atoms with E-state index in [4.69, 9.17) is 14.4 Å². The Morgan fingerprint density at radius 3 is 2.72 bits per heavy atom. The van der Waals surface area contributed by atoms with Gasteiger partial charge in [-0.05, 0) is 38.4 Å². The number of likely N-dealkylation sites (N-methyl/N-ethyl adjacent to an activating group) is 1. The zero-order chi connectivity index (χ0) is 24.6. The molecule has 0 saturated heterocycles. The number of amides is 1. The van der Waals surface area contributed by atoms with E-state index in [-0.39, 0.29) is 12.5 Å². The molecule has 6 rings (SSSR count). The van der Waals surface area contributed by atoms with Gasteiger partial charge in [0.05, 0.1) is 53.9 Å². The molecule has 0 atom stereocenters. The fourth-order valence-electron chi connectivity index (χ4n) is 4.04. The van der Waals surface area contributed by atoms with Crippen LogP contribution in [0.4, 0.5) is 5.69 Å². The lowest BCUT2D eigenvalue weighted by atomic mass is 10.1. The number of imidazole rings is 1. The molecule has 6 aromatic heterocycles. The van der Waals surface area contributed by atoms with Gasteiger partial charge in [0.25, 0.3) is 0 Å². The maximum atomic E-state index is 12.2. The number of hydrogen-bond acceptors (Lipinski definition) is 8. The Morgan fingerprint density at radius 2 is 1.89 bits per heavy atom. The molecule has 0 aliphatic carbocycles. The van der Waals surface area contributed by atoms with Gasteiger partial charge in [-0.2, -0.15) is 5.10 Å². The monoisotopic (exact) mass is 479 g/mol. The van der Waals surface area contributed by atoms with E-state index in [1.807, 2.05) is 38.4 Å². The number of nitrogens with zero attached hydrogens (tertiary/aromatic N) is 6. The highest BCUT2D eigenvalue weighted by Gasteiger charge is 2.17. The first-order valence-corrected chi connectivity index (χ1v) is 11.2. The second-order valence-corrected chi connectivity index (χ2v) is 8.59. The molecule has 36 heavy (non-hydrogen) atoms. The standard InChI is InChI=1S/C25H21N9O2/c1-34(2)12-21(35)28-16-7-15(8-26-9-16)18-3-4-19-23(29-18)24(33-32-19)25-30-20-11-27-10-17(22(20)31-25)14-5-6-36-13-14/h3-11,13H,12H2,1-2H3,(H,28,35)(H,30,31)(H,32,33). The van der Waals surface area contributed by atoms with Gasteiger partial charge < -0.3 is 19.6 Å². The van der Waals surface area contributed by atoms with Crippen molar-refractivity contribution in [2.75, 3.05) is 26.0 Å². The van der Waals surface area contributed by atoms with E-state index in [9.17, 15) is 4.79 Å². The highest BCUT2D eigenvalue weighted by molar-refractivity contribution is 5.96. The lowest BCUT2D eigenvalue weighted by molar-refractivity contribution is -0.116. The van der Waals surface area contributed by atoms with E-state index in [1.165, 1.54) is 0 Å². The van der Waals surface area contributed by atoms with E-state index in [2.05, 4.69) is 30.5 Å². The predicted molar refractivity (Wildman–Crippen MR) is 135 cm³/mol. The Kier molecular flexibility index (Phi) is 5.23. The molecular weight excluding hydrogens is 458 g/mol. The summed E-state index contributed by atoms with van der Waals surface area (Å²) < 4.78 is 5.23. The van der Waals surface area contributed by atoms with Gasteiger partial charge in [-0.25, -0.2) is 9.97 Å². The van der Waals surface area contributed by atoms with Crippen molar-refractivity contribution >= 4 is 33.7 Å². The highest BCUT2D eigenvalue weighted by Crippen LogP contribution is 2.31. The van der Waals surface area contributed by atoms with Crippen LogP contribution in [0, 0.1) is 0 Å². The van der Waals surface area contributed by atoms with Crippen molar-refractivity contribution in [2.24, 2.45) is 0 Å². The summed E-state index contributed by atoms with van der Waals surface area (Å²) in [5.74, 6) is 0.454. The minimum Gasteiger partial charge on any atom is -0.472 e. The number of carbonyl (C=O) groups is 1. The third kappa shape index (κ3) is 3.97. The largest absolute Gasteiger partial charge is 0.472 e. The SMILES string of the molecule is CN(C)CC(=O)Nc1cncc(-c2ccc3[nH]nc(-c4nc5c(-c6ccoc6)cncc5[nH]4)c3n2)c1. The summed E-state index contributed by atoms with van der Waals surface area (Å²) in [7, 11) is 3.68. The maximum Gasteiger partial charge on any atom is 0.238 e. The fourth-order valence-corrected chi connectivity index (χ4v) is 4.04. The van der Waals surface area contributed by atoms with Crippen LogP contribution in [0.2, 0.25) is 0 Å². The van der Waals surface area contributed by atoms with E-state index < -0.39 is 0 Å². The molecule has 0 saturated carbocycles. The van der Waals surface area contributed by atoms with Crippen LogP contribution >= 0.6 is 0 Å². The van der Waals surface area contributed by atoms with Gasteiger partial charge in [-0.3, -0.25) is 19.9 Å². The lowest BCUT2D eigenvalue weighted by Gasteiger charge is -2.10. The van der Waals surface area contributed by atoms with Crippen molar-refractivity contribution in [3.63, 3.8) is 0 Å². The normalized spacial score (nSPS) is 11.5. The number of fused-ring (bicyclic) bond motifs is 2. The average Bonchev–Trinajstić information content (AvgIpc) is 3.62. The van der Waals surface area contributed by atoms with Crippen LogP contribution in [0.3, 0.4) is 0 Å². The number of carbonyl (C=O) groups excluding carboxylic acids is 1. The molecule has 0 aliphatic heterocycles. The molecule has 11 nitrogen and oxygen atoms in total. The third-order valence-corrected chi connectivity index (χ3v) is 5.64. The third-order valence-electron chi connectivity index (χ3n) is 5.64. The summed E-state index contributed by atoms with van der Waals surface area (Å²) in [5, 5.41) is 10.4. The van der Waals surface area contributed by atoms with Crippen molar-refractivity contribution in [3.8, 4) is 33.9 Å². The molecular formula is C25H21N9O2. The second kappa shape index (κ2) is 8.71. The number of H-pyrrole nitrogens is 2. The number of furan rings is 1. The summed E-state index contributed by atoms with van der Waals surface area (Å²) in [6.07, 6.45) is 10.1. The van der Waals surface area contributed by atoms with Gasteiger partial charge in [-0.1, -0.05) is 0 Å². The Bertz CT molecular complexity index is 1700. The molecule has 0 fully saturated rings. The Morgan fingerprint density at radius 1 is 1.00 bits per heavy atom. The molecule has 11 heteroatoms. The molecule has 0 radical (unpaired) electrons. The van der Waals surface area contributed by atoms with Crippen LogP contribution in [0.25, 0.3) is 56.0 Å². The first-order chi connectivity index (χ1) is 17.5. The van der Waals surface area contributed by atoms with Crippen LogP contribution in [0.5, 0.6) is 0 Å². The fraction of sp³-hybridized carbons (Fsp3) is 0.120. The molecule has 0 bridgehead atoms. The number of anilines is 1. The first kappa shape index (κ1) is 21.6. The number of pyridine rings is 3. The van der Waals surface area contributed by atoms with Gasteiger partial charge >= 0.3 is 0 Å². The van der Waals surface area contributed by atoms with Crippen molar-refractivity contribution in [1.29, 1.82) is 0 Å². The molecule has 3 N–H and O–H groups in total. The Labute approximate surface area is 204 Å². The summed E-state index contributed by atoms with van der Waals surface area (Å²) >= 11 is 0. The topological polar surface area (TPSA) is 142 Å². The van der Waals surface area contributed by atoms with Crippen molar-refractivity contribution in [1.82, 2.24) is 40.0 Å². The minimum atomic E-state index is -0.117. The van der Waals surface area contributed by atoms with Gasteiger partial charge in [0, 0.05) is 29.1 Å². The summed E-state index contributed by atoms with van der Waals surface area (Å²) in [4.78, 5) is 35.5. The zero-order valence-electron chi connectivity index (χ0n) is 19.5. The number of nitrogens with one attached hydrogen (secondary N) is 3. The Hall–Kier alpha value is -4.90. The van der Waals surface area contributed by atoms with Crippen LogP contribution in [-0.2, 0) is 4.79 Å². The molecule has 0 aromatic carbocycles. The molecule has 178 valence electrons. The van der Waals surface area contributed by atoms with Gasteiger partial charge in [0.2, 0.25) is 5.91 Å². The van der Waals surface area contributed by atoms with Gasteiger partial charge in [0.1, 0.15) is 11.0 Å². The molecule has 6 aromatic rings. The lowest BCUT2D eigenvalue weighted by Crippen LogP contribution is -2.27. The molecule has 6 heterocycles. The van der Waals surface area contributed by atoms with Crippen LogP contribution in [0.1, 0.15) is 0 Å². The summed E-state index contributed by atoms with van der Waals surface area (Å²) in [6, 6.07) is 7.51. The van der Waals surface area contributed by atoms with Gasteiger partial charge in [-0.15, -0.1) is 0 Å². The number of aromatic nitrogens is 7. The molecule has 0 aliphatic rings. The van der Waals surface area contributed by atoms with Gasteiger partial charge in [0.15, 0.2) is 11.5 Å². The molecule has 0 unspecified atom stereocenters. The number of hydrogen-bond donors (Lipinski definition) is 3. The van der Waals surface area contributed by atoms with Crippen molar-refractivity contribution in [2.45, 2.75) is 0 Å². The summed E-state index contributed by atoms with van der Waals surface area (Å²) in [6.45, 7) is 0.280. The minimum absolute atomic E-state index is 0.117. The van der Waals surface area contributed by atoms with Crippen LogP contribution < -0.4 is 5.32 Å². The van der Waals surface area contributed by atoms with E-state index >= 15 is 0 Å². The quantitative estimate of drug-likeness (QED) is 0.328. The molecule has 0 spiro atoms. The summed E-state index contributed by atoms with van der Waals surface area (Å²) in [5.41, 5.74) is 7.37. The predicted octanol–water partition coefficient (Wildman–Crippen LogP) is 3.72. The molecule has 1 amide bonds. The Balaban J connectivity index is 1.38. The second-order valence-electron chi connectivity index (χ2n) is 8.59. The van der Waals surface area contributed by atoms with E-state index in [1.54, 1.807) is 42.2 Å². The maximum absolute atomic E-state index is 12.2. The number of rotatable bonds is 6. The van der Waals surface area contributed by atoms with E-state index in [0.29, 0.717) is 28.4 Å². The zero-order valence-corrected chi connectivity index (χ0v) is 19.5. The van der Waals surface area contributed by atoms with Crippen LogP contribution in [-0.4, -0.2) is 66.6 Å². The highest BCUT2D eigenvalue weighted by atomic mass is 16.3. The first-order valence-electron chi connectivity index (χ1n) is 11.2. The van der Waals surface area contributed by atoms with Crippen LogP contribution in [0.15, 0.2) is 66.0 Å². The van der Waals surface area contributed by atoms with Crippen molar-refractivity contribution in [3.05, 3.63) is 61.6 Å². The smallest absolute Gasteiger partial charge is 0.238 e. The number of aromatic amines is 2. The van der Waals surface area contributed by atoms with Crippen molar-refractivity contribution < 1.29 is 9.21 Å².